The molecule has 6 heteroatoms. The third-order valence-corrected chi connectivity index (χ3v) is 3.81. The molecule has 0 aliphatic rings. The minimum absolute atomic E-state index is 0. The maximum atomic E-state index is 11.9. The van der Waals surface area contributed by atoms with E-state index in [1.54, 1.807) is 18.2 Å². The summed E-state index contributed by atoms with van der Waals surface area (Å²) < 4.78 is 51.7. The largest absolute Gasteiger partial charge is 1.00 e. The molecule has 0 spiro atoms. The predicted octanol–water partition coefficient (Wildman–Crippen LogP) is -2.93. The molecule has 0 fully saturated rings. The van der Waals surface area contributed by atoms with Gasteiger partial charge in [-0.15, -0.1) is 0 Å². The number of hydrogen-bond donors (Lipinski definition) is 0. The SMILES string of the molecule is [2H]S([2H])([2H])([2H])=S(=O)([O-])C(C)C(=O)c1ccccc1.[Na+]. The molecule has 15 heavy (non-hydrogen) atoms. The smallest absolute Gasteiger partial charge is 0.774 e. The van der Waals surface area contributed by atoms with E-state index in [9.17, 15) is 13.6 Å². The summed E-state index contributed by atoms with van der Waals surface area (Å²) in [4.78, 5) is 11.9. The van der Waals surface area contributed by atoms with Crippen LogP contribution in [-0.4, -0.2) is 24.3 Å². The molecule has 2 unspecified atom stereocenters. The Labute approximate surface area is 120 Å². The Morgan fingerprint density at radius 2 is 2.07 bits per heavy atom. The fourth-order valence-corrected chi connectivity index (χ4v) is 1.63. The molecule has 0 heterocycles. The van der Waals surface area contributed by atoms with E-state index < -0.39 is 30.6 Å². The number of Topliss-reactive ketones (excluding diaryl/α,β-unsaturated/α-hetero) is 1. The molecule has 0 aromatic heterocycles. The molecule has 0 aliphatic heterocycles. The van der Waals surface area contributed by atoms with Gasteiger partial charge in [0.1, 0.15) is 0 Å². The maximum Gasteiger partial charge on any atom is 1.00 e. The van der Waals surface area contributed by atoms with E-state index in [-0.39, 0.29) is 35.1 Å². The van der Waals surface area contributed by atoms with Crippen molar-refractivity contribution in [1.82, 2.24) is 0 Å². The van der Waals surface area contributed by atoms with Gasteiger partial charge in [0, 0.05) is 5.56 Å². The summed E-state index contributed by atoms with van der Waals surface area (Å²) in [5.74, 6) is -0.808. The van der Waals surface area contributed by atoms with E-state index in [0.717, 1.165) is 6.92 Å². The van der Waals surface area contributed by atoms with E-state index >= 15 is 0 Å². The van der Waals surface area contributed by atoms with Crippen LogP contribution >= 0.6 is 0 Å². The van der Waals surface area contributed by atoms with Gasteiger partial charge in [0.15, 0.2) is 5.78 Å². The summed E-state index contributed by atoms with van der Waals surface area (Å²) in [6.07, 6.45) is 0. The summed E-state index contributed by atoms with van der Waals surface area (Å²) in [5, 5.41) is -1.74. The molecule has 0 radical (unpaired) electrons. The summed E-state index contributed by atoms with van der Waals surface area (Å²) in [6, 6.07) is 7.56. The fourth-order valence-electron chi connectivity index (χ4n) is 0.968. The standard InChI is InChI=1S/C9H14O3S2.Na/c1-7(14(11,12)13)9(10)8-5-3-2-4-6-8;/h2-7H,1H3,13H4,(H,11,12);/q;+1/p-1/i13D4;. The zero-order valence-electron chi connectivity index (χ0n) is 12.5. The Morgan fingerprint density at radius 3 is 2.53 bits per heavy atom. The average molecular weight is 260 g/mol. The van der Waals surface area contributed by atoms with E-state index in [2.05, 4.69) is 0 Å². The second kappa shape index (κ2) is 6.18. The van der Waals surface area contributed by atoms with Crippen LogP contribution in [0.1, 0.15) is 17.3 Å². The zero-order chi connectivity index (χ0) is 14.2. The van der Waals surface area contributed by atoms with Crippen LogP contribution in [0.3, 0.4) is 0 Å². The van der Waals surface area contributed by atoms with E-state index in [1.165, 1.54) is 12.1 Å². The maximum absolute atomic E-state index is 11.9. The first-order chi connectivity index (χ1) is 7.94. The van der Waals surface area contributed by atoms with Gasteiger partial charge in [0.05, 0.1) is 9.75 Å². The van der Waals surface area contributed by atoms with Crippen molar-refractivity contribution in [2.45, 2.75) is 12.2 Å². The normalized spacial score (nSPS) is 23.5. The predicted molar refractivity (Wildman–Crippen MR) is 62.1 cm³/mol. The topological polar surface area (TPSA) is 57.2 Å². The van der Waals surface area contributed by atoms with Crippen molar-refractivity contribution in [3.05, 3.63) is 35.9 Å². The second-order valence-electron chi connectivity index (χ2n) is 2.87. The molecular formula is C9H13NaO3S2. The fraction of sp³-hybridized carbons (Fsp3) is 0.222. The van der Waals surface area contributed by atoms with Crippen LogP contribution in [0.5, 0.6) is 0 Å². The van der Waals surface area contributed by atoms with Gasteiger partial charge < -0.3 is 4.55 Å². The van der Waals surface area contributed by atoms with Crippen molar-refractivity contribution >= 4 is 25.4 Å². The molecule has 0 aliphatic carbocycles. The molecule has 3 nitrogen and oxygen atoms in total. The average Bonchev–Trinajstić information content (AvgIpc) is 2.25. The van der Waals surface area contributed by atoms with Gasteiger partial charge in [-0.25, -0.2) is 0 Å². The minimum Gasteiger partial charge on any atom is -0.774 e. The van der Waals surface area contributed by atoms with Crippen LogP contribution < -0.4 is 29.6 Å². The Hall–Kier alpha value is 0.350. The molecule has 80 valence electrons. The third-order valence-electron chi connectivity index (χ3n) is 1.86. The number of benzene rings is 1. The molecule has 1 rings (SSSR count). The van der Waals surface area contributed by atoms with Crippen molar-refractivity contribution in [2.24, 2.45) is 0 Å². The van der Waals surface area contributed by atoms with Crippen molar-refractivity contribution in [3.63, 3.8) is 0 Å². The van der Waals surface area contributed by atoms with Crippen LogP contribution in [0.25, 0.3) is 0 Å². The van der Waals surface area contributed by atoms with Gasteiger partial charge >= 0.3 is 29.6 Å². The van der Waals surface area contributed by atoms with Crippen molar-refractivity contribution < 1.29 is 43.1 Å². The molecular weight excluding hydrogens is 243 g/mol. The van der Waals surface area contributed by atoms with Gasteiger partial charge in [-0.2, -0.15) is 0 Å². The monoisotopic (exact) mass is 260 g/mol. The number of carbonyl (C=O) groups excluding carboxylic acids is 1. The Bertz CT molecular complexity index is 611. The summed E-state index contributed by atoms with van der Waals surface area (Å²) in [6.45, 7) is 1.01. The van der Waals surface area contributed by atoms with Gasteiger partial charge in [-0.3, -0.25) is 19.8 Å². The zero-order valence-corrected chi connectivity index (χ0v) is 12.1. The molecule has 0 N–H and O–H groups in total. The van der Waals surface area contributed by atoms with Gasteiger partial charge in [-0.1, -0.05) is 39.1 Å². The first kappa shape index (κ1) is 9.39. The van der Waals surface area contributed by atoms with Crippen LogP contribution in [0.4, 0.5) is 0 Å². The van der Waals surface area contributed by atoms with E-state index in [0.29, 0.717) is 0 Å². The number of hydrogen-bond acceptors (Lipinski definition) is 3. The summed E-state index contributed by atoms with van der Waals surface area (Å²) in [7, 11) is -10.4. The molecule has 1 aromatic carbocycles. The number of carbonyl (C=O) groups is 1. The number of ketones is 1. The first-order valence-corrected chi connectivity index (χ1v) is 6.44. The Balaban J connectivity index is 0.00000324. The first-order valence-electron chi connectivity index (χ1n) is 5.60. The van der Waals surface area contributed by atoms with E-state index in [4.69, 9.17) is 4.50 Å². The Kier molecular flexibility index (Phi) is 3.86. The Morgan fingerprint density at radius 1 is 1.53 bits per heavy atom. The third kappa shape index (κ3) is 4.38. The van der Waals surface area contributed by atoms with Crippen LogP contribution in [0, 0.1) is 0 Å². The van der Waals surface area contributed by atoms with Crippen molar-refractivity contribution in [3.8, 4) is 0 Å². The van der Waals surface area contributed by atoms with Crippen LogP contribution in [-0.2, 0) is 19.6 Å². The van der Waals surface area contributed by atoms with Crippen molar-refractivity contribution in [2.75, 3.05) is 0 Å². The molecule has 0 saturated heterocycles. The molecule has 2 atom stereocenters. The van der Waals surface area contributed by atoms with Gasteiger partial charge in [0.2, 0.25) is 0 Å². The van der Waals surface area contributed by atoms with Gasteiger partial charge in [0.25, 0.3) is 0 Å². The molecule has 0 amide bonds. The molecule has 0 bridgehead atoms. The van der Waals surface area contributed by atoms with Crippen molar-refractivity contribution in [1.29, 1.82) is 4.50 Å². The number of rotatable bonds is 3. The van der Waals surface area contributed by atoms with E-state index in [1.807, 2.05) is 0 Å². The summed E-state index contributed by atoms with van der Waals surface area (Å²) in [5.41, 5.74) is 0.116. The van der Waals surface area contributed by atoms with Gasteiger partial charge in [-0.05, 0) is 6.92 Å². The molecule has 1 aromatic rings. The van der Waals surface area contributed by atoms with Crippen LogP contribution in [0.15, 0.2) is 30.3 Å². The molecule has 0 saturated carbocycles. The quantitative estimate of drug-likeness (QED) is 0.432. The van der Waals surface area contributed by atoms with Crippen LogP contribution in [0.2, 0.25) is 0 Å². The minimum atomic E-state index is -5.61. The summed E-state index contributed by atoms with van der Waals surface area (Å²) >= 11 is 0. The second-order valence-corrected chi connectivity index (χ2v) is 5.95.